The number of hydrogen-bond donors (Lipinski definition) is 1. The van der Waals surface area contributed by atoms with E-state index in [9.17, 15) is 0 Å². The Morgan fingerprint density at radius 2 is 2.06 bits per heavy atom. The molecule has 1 fully saturated rings. The van der Waals surface area contributed by atoms with Crippen LogP contribution in [0.3, 0.4) is 0 Å². The fourth-order valence-corrected chi connectivity index (χ4v) is 2.43. The average Bonchev–Trinajstić information content (AvgIpc) is 2.19. The van der Waals surface area contributed by atoms with Gasteiger partial charge in [-0.3, -0.25) is 0 Å². The lowest BCUT2D eigenvalue weighted by Crippen LogP contribution is -2.50. The summed E-state index contributed by atoms with van der Waals surface area (Å²) in [6, 6.07) is 6.87. The Labute approximate surface area is 97.8 Å². The zero-order chi connectivity index (χ0) is 11.7. The van der Waals surface area contributed by atoms with Crippen LogP contribution in [0.1, 0.15) is 12.5 Å². The van der Waals surface area contributed by atoms with Gasteiger partial charge in [-0.25, -0.2) is 0 Å². The fraction of sp³-hybridized carbons (Fsp3) is 0.538. The molecule has 2 rings (SSSR count). The van der Waals surface area contributed by atoms with Gasteiger partial charge in [0.15, 0.2) is 0 Å². The number of rotatable bonds is 1. The van der Waals surface area contributed by atoms with Crippen molar-refractivity contribution in [1.29, 1.82) is 0 Å². The van der Waals surface area contributed by atoms with Gasteiger partial charge >= 0.3 is 0 Å². The van der Waals surface area contributed by atoms with Crippen LogP contribution in [0.4, 0.5) is 11.4 Å². The molecule has 0 aliphatic carbocycles. The monoisotopic (exact) mass is 219 g/mol. The van der Waals surface area contributed by atoms with Crippen LogP contribution in [-0.4, -0.2) is 37.6 Å². The summed E-state index contributed by atoms with van der Waals surface area (Å²) in [5.74, 6) is 0. The molecule has 1 aliphatic heterocycles. The Hall–Kier alpha value is -1.22. The molecule has 0 spiro atoms. The van der Waals surface area contributed by atoms with Crippen LogP contribution < -0.4 is 10.6 Å². The first-order valence-electron chi connectivity index (χ1n) is 5.89. The highest BCUT2D eigenvalue weighted by molar-refractivity contribution is 5.69. The van der Waals surface area contributed by atoms with Gasteiger partial charge in [0.05, 0.1) is 11.4 Å². The van der Waals surface area contributed by atoms with E-state index in [1.165, 1.54) is 11.3 Å². The van der Waals surface area contributed by atoms with Gasteiger partial charge in [-0.15, -0.1) is 0 Å². The van der Waals surface area contributed by atoms with E-state index in [2.05, 4.69) is 48.9 Å². The summed E-state index contributed by atoms with van der Waals surface area (Å²) in [5.41, 5.74) is 9.40. The van der Waals surface area contributed by atoms with Crippen molar-refractivity contribution in [2.45, 2.75) is 19.9 Å². The van der Waals surface area contributed by atoms with Crippen molar-refractivity contribution < 1.29 is 0 Å². The second kappa shape index (κ2) is 4.34. The molecular weight excluding hydrogens is 198 g/mol. The number of hydrogen-bond acceptors (Lipinski definition) is 3. The third-order valence-electron chi connectivity index (χ3n) is 3.32. The standard InChI is InChI=1S/C13H21N3/c1-10-4-5-13(12(14)8-10)16-7-6-15(3)9-11(16)2/h4-5,8,11H,6-7,9,14H2,1-3H3. The summed E-state index contributed by atoms with van der Waals surface area (Å²) in [6.07, 6.45) is 0. The van der Waals surface area contributed by atoms with E-state index in [4.69, 9.17) is 5.73 Å². The quantitative estimate of drug-likeness (QED) is 0.730. The number of nitrogen functional groups attached to an aromatic ring is 1. The SMILES string of the molecule is Cc1ccc(N2CCN(C)CC2C)c(N)c1. The number of nitrogens with zero attached hydrogens (tertiary/aromatic N) is 2. The number of benzene rings is 1. The second-order valence-corrected chi connectivity index (χ2v) is 4.87. The maximum absolute atomic E-state index is 6.09. The molecule has 1 aromatic carbocycles. The summed E-state index contributed by atoms with van der Waals surface area (Å²) < 4.78 is 0. The Bertz CT molecular complexity index is 375. The molecule has 1 atom stereocenters. The second-order valence-electron chi connectivity index (χ2n) is 4.87. The van der Waals surface area contributed by atoms with E-state index in [1.807, 2.05) is 0 Å². The topological polar surface area (TPSA) is 32.5 Å². The molecule has 0 aromatic heterocycles. The zero-order valence-corrected chi connectivity index (χ0v) is 10.4. The third kappa shape index (κ3) is 2.14. The molecule has 1 aliphatic rings. The molecular formula is C13H21N3. The molecule has 88 valence electrons. The third-order valence-corrected chi connectivity index (χ3v) is 3.32. The van der Waals surface area contributed by atoms with Crippen LogP contribution in [0.25, 0.3) is 0 Å². The van der Waals surface area contributed by atoms with E-state index in [0.717, 1.165) is 25.3 Å². The van der Waals surface area contributed by atoms with Gasteiger partial charge in [0, 0.05) is 25.7 Å². The molecule has 0 radical (unpaired) electrons. The summed E-state index contributed by atoms with van der Waals surface area (Å²) in [4.78, 5) is 4.78. The van der Waals surface area contributed by atoms with Gasteiger partial charge in [0.1, 0.15) is 0 Å². The first-order chi connectivity index (χ1) is 7.58. The van der Waals surface area contributed by atoms with Gasteiger partial charge < -0.3 is 15.5 Å². The van der Waals surface area contributed by atoms with E-state index < -0.39 is 0 Å². The molecule has 0 bridgehead atoms. The molecule has 1 saturated heterocycles. The van der Waals surface area contributed by atoms with Gasteiger partial charge in [0.25, 0.3) is 0 Å². The van der Waals surface area contributed by atoms with Gasteiger partial charge in [-0.1, -0.05) is 6.07 Å². The molecule has 2 N–H and O–H groups in total. The normalized spacial score (nSPS) is 22.4. The maximum Gasteiger partial charge on any atom is 0.0603 e. The summed E-state index contributed by atoms with van der Waals surface area (Å²) in [6.45, 7) is 7.61. The molecule has 0 amide bonds. The van der Waals surface area contributed by atoms with Crippen molar-refractivity contribution in [3.63, 3.8) is 0 Å². The molecule has 3 heteroatoms. The molecule has 1 heterocycles. The Balaban J connectivity index is 2.23. The minimum absolute atomic E-state index is 0.531. The van der Waals surface area contributed by atoms with Crippen LogP contribution in [-0.2, 0) is 0 Å². The highest BCUT2D eigenvalue weighted by atomic mass is 15.3. The van der Waals surface area contributed by atoms with Gasteiger partial charge in [0.2, 0.25) is 0 Å². The number of likely N-dealkylation sites (N-methyl/N-ethyl adjacent to an activating group) is 1. The van der Waals surface area contributed by atoms with Crippen LogP contribution in [0.2, 0.25) is 0 Å². The zero-order valence-electron chi connectivity index (χ0n) is 10.4. The molecule has 0 saturated carbocycles. The van der Waals surface area contributed by atoms with Crippen molar-refractivity contribution >= 4 is 11.4 Å². The van der Waals surface area contributed by atoms with Crippen LogP contribution in [0, 0.1) is 6.92 Å². The lowest BCUT2D eigenvalue weighted by Gasteiger charge is -2.40. The Morgan fingerprint density at radius 1 is 1.31 bits per heavy atom. The summed E-state index contributed by atoms with van der Waals surface area (Å²) >= 11 is 0. The number of piperazine rings is 1. The minimum atomic E-state index is 0.531. The van der Waals surface area contributed by atoms with Crippen LogP contribution >= 0.6 is 0 Å². The number of nitrogens with two attached hydrogens (primary N) is 1. The van der Waals surface area contributed by atoms with Crippen molar-refractivity contribution in [2.24, 2.45) is 0 Å². The minimum Gasteiger partial charge on any atom is -0.397 e. The summed E-state index contributed by atoms with van der Waals surface area (Å²) in [7, 11) is 2.17. The molecule has 3 nitrogen and oxygen atoms in total. The average molecular weight is 219 g/mol. The summed E-state index contributed by atoms with van der Waals surface area (Å²) in [5, 5.41) is 0. The molecule has 16 heavy (non-hydrogen) atoms. The highest BCUT2D eigenvalue weighted by Crippen LogP contribution is 2.27. The lowest BCUT2D eigenvalue weighted by molar-refractivity contribution is 0.276. The largest absolute Gasteiger partial charge is 0.397 e. The van der Waals surface area contributed by atoms with Crippen molar-refractivity contribution in [3.8, 4) is 0 Å². The predicted octanol–water partition coefficient (Wildman–Crippen LogP) is 1.72. The number of aryl methyl sites for hydroxylation is 1. The van der Waals surface area contributed by atoms with Crippen LogP contribution in [0.5, 0.6) is 0 Å². The lowest BCUT2D eigenvalue weighted by atomic mass is 10.1. The van der Waals surface area contributed by atoms with Crippen LogP contribution in [0.15, 0.2) is 18.2 Å². The highest BCUT2D eigenvalue weighted by Gasteiger charge is 2.22. The van der Waals surface area contributed by atoms with E-state index >= 15 is 0 Å². The van der Waals surface area contributed by atoms with E-state index in [1.54, 1.807) is 0 Å². The number of anilines is 2. The Morgan fingerprint density at radius 3 is 2.69 bits per heavy atom. The van der Waals surface area contributed by atoms with E-state index in [0.29, 0.717) is 6.04 Å². The van der Waals surface area contributed by atoms with Crippen molar-refractivity contribution in [3.05, 3.63) is 23.8 Å². The molecule has 1 unspecified atom stereocenters. The Kier molecular flexibility index (Phi) is 3.06. The van der Waals surface area contributed by atoms with Gasteiger partial charge in [-0.2, -0.15) is 0 Å². The first kappa shape index (κ1) is 11.3. The smallest absolute Gasteiger partial charge is 0.0603 e. The van der Waals surface area contributed by atoms with Crippen molar-refractivity contribution in [1.82, 2.24) is 4.90 Å². The first-order valence-corrected chi connectivity index (χ1v) is 5.89. The van der Waals surface area contributed by atoms with Gasteiger partial charge in [-0.05, 0) is 38.6 Å². The molecule has 1 aromatic rings. The van der Waals surface area contributed by atoms with E-state index in [-0.39, 0.29) is 0 Å². The van der Waals surface area contributed by atoms with Crippen molar-refractivity contribution in [2.75, 3.05) is 37.3 Å². The fourth-order valence-electron chi connectivity index (χ4n) is 2.43. The maximum atomic E-state index is 6.09. The predicted molar refractivity (Wildman–Crippen MR) is 69.9 cm³/mol.